The van der Waals surface area contributed by atoms with E-state index in [2.05, 4.69) is 49.7 Å². The van der Waals surface area contributed by atoms with Gasteiger partial charge in [0.15, 0.2) is 5.79 Å². The van der Waals surface area contributed by atoms with Gasteiger partial charge >= 0.3 is 6.03 Å². The van der Waals surface area contributed by atoms with Gasteiger partial charge in [-0.15, -0.1) is 0 Å². The first-order chi connectivity index (χ1) is 13.1. The molecule has 1 atom stereocenters. The smallest absolute Gasteiger partial charge is 0.315 e. The summed E-state index contributed by atoms with van der Waals surface area (Å²) in [7, 11) is 0. The Hall–Kier alpha value is -1.31. The van der Waals surface area contributed by atoms with Crippen LogP contribution in [0.3, 0.4) is 0 Å². The number of halogens is 1. The summed E-state index contributed by atoms with van der Waals surface area (Å²) in [6.07, 6.45) is 4.65. The van der Waals surface area contributed by atoms with Crippen molar-refractivity contribution in [3.8, 4) is 0 Å². The second-order valence-corrected chi connectivity index (χ2v) is 8.73. The molecule has 1 spiro atoms. The number of carbonyl (C=O) groups excluding carboxylic acids is 1. The van der Waals surface area contributed by atoms with Crippen LogP contribution >= 0.6 is 15.9 Å². The van der Waals surface area contributed by atoms with Crippen LogP contribution < -0.4 is 15.5 Å². The highest BCUT2D eigenvalue weighted by Gasteiger charge is 2.40. The van der Waals surface area contributed by atoms with Crippen LogP contribution in [0.4, 0.5) is 10.5 Å². The standard InChI is InChI=1S/C20H28BrN3O3/c21-16-2-1-3-18(12-16)24-9-6-15(14-24)13-22-19(25)23-17-4-7-20(8-5-17)26-10-11-27-20/h1-3,12,15,17H,4-11,13-14H2,(H2,22,23,25)/t15-/m0/s1. The lowest BCUT2D eigenvalue weighted by Gasteiger charge is -2.35. The minimum atomic E-state index is -0.367. The summed E-state index contributed by atoms with van der Waals surface area (Å²) >= 11 is 3.53. The Morgan fingerprint density at radius 1 is 1.22 bits per heavy atom. The molecule has 4 rings (SSSR count). The van der Waals surface area contributed by atoms with Crippen LogP contribution in [0.5, 0.6) is 0 Å². The summed E-state index contributed by atoms with van der Waals surface area (Å²) < 4.78 is 12.6. The Kier molecular flexibility index (Phi) is 5.90. The number of carbonyl (C=O) groups is 1. The Labute approximate surface area is 169 Å². The number of urea groups is 1. The van der Waals surface area contributed by atoms with Crippen LogP contribution in [0.1, 0.15) is 32.1 Å². The summed E-state index contributed by atoms with van der Waals surface area (Å²) in [5.41, 5.74) is 1.24. The molecule has 2 heterocycles. The maximum atomic E-state index is 12.3. The van der Waals surface area contributed by atoms with Crippen LogP contribution in [0, 0.1) is 5.92 Å². The Bertz CT molecular complexity index is 656. The zero-order valence-electron chi connectivity index (χ0n) is 15.6. The van der Waals surface area contributed by atoms with Crippen LogP contribution in [0.25, 0.3) is 0 Å². The van der Waals surface area contributed by atoms with Crippen molar-refractivity contribution in [1.29, 1.82) is 0 Å². The highest BCUT2D eigenvalue weighted by Crippen LogP contribution is 2.35. The van der Waals surface area contributed by atoms with Crippen molar-refractivity contribution in [1.82, 2.24) is 10.6 Å². The van der Waals surface area contributed by atoms with E-state index in [1.165, 1.54) is 5.69 Å². The van der Waals surface area contributed by atoms with E-state index in [-0.39, 0.29) is 17.9 Å². The fraction of sp³-hybridized carbons (Fsp3) is 0.650. The molecule has 7 heteroatoms. The van der Waals surface area contributed by atoms with E-state index >= 15 is 0 Å². The third kappa shape index (κ3) is 4.76. The zero-order chi connectivity index (χ0) is 18.7. The predicted molar refractivity (Wildman–Crippen MR) is 108 cm³/mol. The van der Waals surface area contributed by atoms with Gasteiger partial charge in [0.1, 0.15) is 0 Å². The molecule has 1 aromatic rings. The molecule has 2 saturated heterocycles. The first kappa shape index (κ1) is 19.0. The minimum absolute atomic E-state index is 0.0508. The van der Waals surface area contributed by atoms with Gasteiger partial charge in [-0.05, 0) is 43.4 Å². The third-order valence-electron chi connectivity index (χ3n) is 5.91. The number of ether oxygens (including phenoxy) is 2. The lowest BCUT2D eigenvalue weighted by molar-refractivity contribution is -0.179. The molecule has 0 aromatic heterocycles. The second-order valence-electron chi connectivity index (χ2n) is 7.82. The van der Waals surface area contributed by atoms with Crippen molar-refractivity contribution in [2.45, 2.75) is 43.9 Å². The van der Waals surface area contributed by atoms with Gasteiger partial charge in [-0.1, -0.05) is 22.0 Å². The molecule has 27 heavy (non-hydrogen) atoms. The number of nitrogens with one attached hydrogen (secondary N) is 2. The second kappa shape index (κ2) is 8.37. The lowest BCUT2D eigenvalue weighted by atomic mass is 9.90. The molecule has 1 aliphatic carbocycles. The number of anilines is 1. The Morgan fingerprint density at radius 3 is 2.74 bits per heavy atom. The maximum Gasteiger partial charge on any atom is 0.315 e. The first-order valence-corrected chi connectivity index (χ1v) is 10.7. The number of rotatable bonds is 4. The zero-order valence-corrected chi connectivity index (χ0v) is 17.2. The monoisotopic (exact) mass is 437 g/mol. The van der Waals surface area contributed by atoms with Gasteiger partial charge in [-0.25, -0.2) is 4.79 Å². The fourth-order valence-electron chi connectivity index (χ4n) is 4.37. The van der Waals surface area contributed by atoms with Crippen LogP contribution in [-0.2, 0) is 9.47 Å². The molecular formula is C20H28BrN3O3. The van der Waals surface area contributed by atoms with Crippen molar-refractivity contribution in [3.63, 3.8) is 0 Å². The summed E-state index contributed by atoms with van der Waals surface area (Å²) in [5, 5.41) is 6.19. The highest BCUT2D eigenvalue weighted by molar-refractivity contribution is 9.10. The Morgan fingerprint density at radius 2 is 2.00 bits per heavy atom. The number of benzene rings is 1. The van der Waals surface area contributed by atoms with E-state index in [9.17, 15) is 4.79 Å². The lowest BCUT2D eigenvalue weighted by Crippen LogP contribution is -2.48. The molecule has 148 valence electrons. The van der Waals surface area contributed by atoms with Gasteiger partial charge in [0, 0.05) is 48.7 Å². The molecule has 3 aliphatic rings. The quantitative estimate of drug-likeness (QED) is 0.758. The molecule has 3 fully saturated rings. The van der Waals surface area contributed by atoms with Crippen molar-refractivity contribution < 1.29 is 14.3 Å². The molecular weight excluding hydrogens is 410 g/mol. The van der Waals surface area contributed by atoms with Crippen LogP contribution in [-0.4, -0.2) is 50.7 Å². The van der Waals surface area contributed by atoms with Gasteiger partial charge < -0.3 is 25.0 Å². The molecule has 2 aliphatic heterocycles. The highest BCUT2D eigenvalue weighted by atomic mass is 79.9. The summed E-state index contributed by atoms with van der Waals surface area (Å²) in [6, 6.07) is 8.56. The van der Waals surface area contributed by atoms with E-state index in [1.807, 2.05) is 6.07 Å². The van der Waals surface area contributed by atoms with Crippen molar-refractivity contribution in [2.24, 2.45) is 5.92 Å². The van der Waals surface area contributed by atoms with Crippen LogP contribution in [0.2, 0.25) is 0 Å². The third-order valence-corrected chi connectivity index (χ3v) is 6.40. The SMILES string of the molecule is O=C(NC[C@@H]1CCN(c2cccc(Br)c2)C1)NC1CCC2(CC1)OCCO2. The Balaban J connectivity index is 1.17. The molecule has 2 amide bonds. The van der Waals surface area contributed by atoms with Gasteiger partial charge in [0.05, 0.1) is 13.2 Å². The summed E-state index contributed by atoms with van der Waals surface area (Å²) in [4.78, 5) is 14.7. The molecule has 2 N–H and O–H groups in total. The van der Waals surface area contributed by atoms with E-state index in [0.29, 0.717) is 19.1 Å². The number of nitrogens with zero attached hydrogens (tertiary/aromatic N) is 1. The van der Waals surface area contributed by atoms with E-state index in [0.717, 1.165) is 56.2 Å². The summed E-state index contributed by atoms with van der Waals surface area (Å²) in [6.45, 7) is 4.12. The molecule has 0 radical (unpaired) electrons. The van der Waals surface area contributed by atoms with Gasteiger partial charge in [-0.3, -0.25) is 0 Å². The largest absolute Gasteiger partial charge is 0.371 e. The van der Waals surface area contributed by atoms with Gasteiger partial charge in [0.2, 0.25) is 0 Å². The molecule has 0 bridgehead atoms. The van der Waals surface area contributed by atoms with E-state index < -0.39 is 0 Å². The number of amides is 2. The van der Waals surface area contributed by atoms with Gasteiger partial charge in [-0.2, -0.15) is 0 Å². The average molecular weight is 438 g/mol. The van der Waals surface area contributed by atoms with Crippen molar-refractivity contribution in [2.75, 3.05) is 37.7 Å². The first-order valence-electron chi connectivity index (χ1n) is 9.95. The molecule has 6 nitrogen and oxygen atoms in total. The van der Waals surface area contributed by atoms with Crippen LogP contribution in [0.15, 0.2) is 28.7 Å². The molecule has 1 saturated carbocycles. The van der Waals surface area contributed by atoms with E-state index in [4.69, 9.17) is 9.47 Å². The topological polar surface area (TPSA) is 62.8 Å². The molecule has 1 aromatic carbocycles. The van der Waals surface area contributed by atoms with Crippen molar-refractivity contribution in [3.05, 3.63) is 28.7 Å². The number of hydrogen-bond donors (Lipinski definition) is 2. The summed E-state index contributed by atoms with van der Waals surface area (Å²) in [5.74, 6) is 0.124. The predicted octanol–water partition coefficient (Wildman–Crippen LogP) is 3.26. The van der Waals surface area contributed by atoms with E-state index in [1.54, 1.807) is 0 Å². The maximum absolute atomic E-state index is 12.3. The average Bonchev–Trinajstić information content (AvgIpc) is 3.32. The molecule has 0 unspecified atom stereocenters. The normalized spacial score (nSPS) is 25.1. The fourth-order valence-corrected chi connectivity index (χ4v) is 4.75. The van der Waals surface area contributed by atoms with Gasteiger partial charge in [0.25, 0.3) is 0 Å². The number of hydrogen-bond acceptors (Lipinski definition) is 4. The minimum Gasteiger partial charge on any atom is -0.371 e. The van der Waals surface area contributed by atoms with Crippen molar-refractivity contribution >= 4 is 27.6 Å².